The van der Waals surface area contributed by atoms with Gasteiger partial charge in [0.2, 0.25) is 0 Å². The van der Waals surface area contributed by atoms with Gasteiger partial charge in [-0.1, -0.05) is 6.47 Å². The fourth-order valence-electron chi connectivity index (χ4n) is 0. The van der Waals surface area contributed by atoms with E-state index in [4.69, 9.17) is 9.90 Å². The van der Waals surface area contributed by atoms with Crippen molar-refractivity contribution in [2.75, 3.05) is 0 Å². The second-order valence-corrected chi connectivity index (χ2v) is 0.0913. The van der Waals surface area contributed by atoms with E-state index in [-0.39, 0.29) is 22.5 Å². The third kappa shape index (κ3) is 5880. The molecule has 0 aliphatic rings. The first-order valence-corrected chi connectivity index (χ1v) is 0.428. The van der Waals surface area contributed by atoms with Gasteiger partial charge in [0.1, 0.15) is 0 Å². The van der Waals surface area contributed by atoms with Crippen LogP contribution in [0.2, 0.25) is 0 Å². The topological polar surface area (TPSA) is 68.8 Å². The van der Waals surface area contributed by atoms with E-state index < -0.39 is 0 Å². The zero-order chi connectivity index (χ0) is 2.71. The van der Waals surface area contributed by atoms with Gasteiger partial charge in [-0.3, -0.25) is 0 Å². The average Bonchev–Trinajstić information content (AvgIpc) is 0.918. The molecule has 0 saturated heterocycles. The molecule has 5 heavy (non-hydrogen) atoms. The fraction of sp³-hybridized carbons (Fsp3) is 0. The summed E-state index contributed by atoms with van der Waals surface area (Å²) in [5, 5.41) is 6.76. The molecular formula is CH3FeO3-. The molecule has 0 heterocycles. The van der Waals surface area contributed by atoms with Crippen LogP contribution in [-0.4, -0.2) is 17.1 Å². The molecule has 0 aliphatic carbocycles. The summed E-state index contributed by atoms with van der Waals surface area (Å²) >= 11 is 0. The van der Waals surface area contributed by atoms with Crippen molar-refractivity contribution < 1.29 is 32.4 Å². The van der Waals surface area contributed by atoms with E-state index >= 15 is 0 Å². The van der Waals surface area contributed by atoms with E-state index in [0.29, 0.717) is 6.47 Å². The quantitative estimate of drug-likeness (QED) is 0.320. The summed E-state index contributed by atoms with van der Waals surface area (Å²) in [7, 11) is 0. The maximum atomic E-state index is 8.24. The van der Waals surface area contributed by atoms with Crippen LogP contribution in [0.15, 0.2) is 0 Å². The van der Waals surface area contributed by atoms with E-state index in [1.54, 1.807) is 0 Å². The molecule has 3 nitrogen and oxygen atoms in total. The SMILES string of the molecule is O.O=[C-]O.[Fe]. The van der Waals surface area contributed by atoms with Crippen molar-refractivity contribution in [1.29, 1.82) is 0 Å². The van der Waals surface area contributed by atoms with Gasteiger partial charge in [0.25, 0.3) is 0 Å². The van der Waals surface area contributed by atoms with Crippen LogP contribution in [0.3, 0.4) is 0 Å². The van der Waals surface area contributed by atoms with Gasteiger partial charge >= 0.3 is 0 Å². The summed E-state index contributed by atoms with van der Waals surface area (Å²) in [6.45, 7) is 0.500. The van der Waals surface area contributed by atoms with Crippen LogP contribution in [0.5, 0.6) is 0 Å². The van der Waals surface area contributed by atoms with E-state index in [1.807, 2.05) is 0 Å². The monoisotopic (exact) mass is 119 g/mol. The largest absolute Gasteiger partial charge is 0.665 e. The Balaban J connectivity index is -0.0000000200. The Hall–Kier alpha value is -0.0505. The zero-order valence-electron chi connectivity index (χ0n) is 2.21. The molecule has 0 amide bonds. The van der Waals surface area contributed by atoms with Crippen molar-refractivity contribution >= 4 is 6.47 Å². The molecule has 0 spiro atoms. The average molecular weight is 119 g/mol. The molecule has 0 radical (unpaired) electrons. The van der Waals surface area contributed by atoms with Crippen LogP contribution in [0, 0.1) is 0 Å². The number of hydrogen-bond acceptors (Lipinski definition) is 1. The number of rotatable bonds is 0. The molecule has 0 bridgehead atoms. The minimum atomic E-state index is 0. The molecule has 0 atom stereocenters. The van der Waals surface area contributed by atoms with Crippen LogP contribution in [-0.2, 0) is 21.9 Å². The molecular weight excluding hydrogens is 116 g/mol. The third-order valence-corrected chi connectivity index (χ3v) is 0. The predicted octanol–water partition coefficient (Wildman–Crippen LogP) is -1.22. The van der Waals surface area contributed by atoms with Gasteiger partial charge in [-0.05, 0) is 0 Å². The van der Waals surface area contributed by atoms with E-state index in [0.717, 1.165) is 0 Å². The number of aliphatic hydroxyl groups excluding tert-OH is 1. The molecule has 0 aliphatic heterocycles. The normalized spacial score (nSPS) is 2.40. The van der Waals surface area contributed by atoms with Crippen LogP contribution >= 0.6 is 0 Å². The number of hydrogen-bond donors (Lipinski definition) is 1. The first-order chi connectivity index (χ1) is 1.41. The van der Waals surface area contributed by atoms with Crippen molar-refractivity contribution in [2.45, 2.75) is 0 Å². The van der Waals surface area contributed by atoms with Crippen molar-refractivity contribution in [3.63, 3.8) is 0 Å². The predicted molar refractivity (Wildman–Crippen MR) is 11.9 cm³/mol. The molecule has 0 fully saturated rings. The standard InChI is InChI=1S/CHO2.Fe.H2O/c2-1-3;;/h(H,2,3);;1H2/q-1;;. The van der Waals surface area contributed by atoms with Gasteiger partial charge in [0.15, 0.2) is 0 Å². The summed E-state index contributed by atoms with van der Waals surface area (Å²) < 4.78 is 0. The molecule has 0 aromatic carbocycles. The van der Waals surface area contributed by atoms with Crippen LogP contribution in [0.25, 0.3) is 0 Å². The van der Waals surface area contributed by atoms with Crippen LogP contribution in [0.4, 0.5) is 0 Å². The van der Waals surface area contributed by atoms with Crippen molar-refractivity contribution in [1.82, 2.24) is 0 Å². The zero-order valence-corrected chi connectivity index (χ0v) is 3.31. The molecule has 3 N–H and O–H groups in total. The molecule has 0 aromatic rings. The van der Waals surface area contributed by atoms with Crippen LogP contribution in [0.1, 0.15) is 0 Å². The Labute approximate surface area is 39.8 Å². The Morgan fingerprint density at radius 3 is 1.60 bits per heavy atom. The molecule has 0 saturated carbocycles. The second kappa shape index (κ2) is 38.1. The second-order valence-electron chi connectivity index (χ2n) is 0.0913. The summed E-state index contributed by atoms with van der Waals surface area (Å²) in [6.07, 6.45) is 0. The van der Waals surface area contributed by atoms with E-state index in [2.05, 4.69) is 0 Å². The minimum absolute atomic E-state index is 0. The smallest absolute Gasteiger partial charge is 0 e. The fourth-order valence-corrected chi connectivity index (χ4v) is 0. The molecule has 0 rings (SSSR count). The minimum Gasteiger partial charge on any atom is -0.665 e. The van der Waals surface area contributed by atoms with Gasteiger partial charge < -0.3 is 15.4 Å². The summed E-state index contributed by atoms with van der Waals surface area (Å²) in [5.74, 6) is 0. The van der Waals surface area contributed by atoms with Crippen molar-refractivity contribution in [2.24, 2.45) is 0 Å². The van der Waals surface area contributed by atoms with E-state index in [1.165, 1.54) is 0 Å². The molecule has 0 unspecified atom stereocenters. The first kappa shape index (κ1) is 20.3. The Bertz CT molecular complexity index is 14.4. The van der Waals surface area contributed by atoms with Gasteiger partial charge in [-0.15, -0.1) is 0 Å². The molecule has 4 heteroatoms. The van der Waals surface area contributed by atoms with Gasteiger partial charge in [-0.25, -0.2) is 0 Å². The Kier molecular flexibility index (Phi) is 155. The van der Waals surface area contributed by atoms with Gasteiger partial charge in [0, 0.05) is 17.1 Å². The van der Waals surface area contributed by atoms with Crippen molar-refractivity contribution in [3.8, 4) is 0 Å². The molecule has 0 aromatic heterocycles. The van der Waals surface area contributed by atoms with Crippen LogP contribution < -0.4 is 0 Å². The third-order valence-electron chi connectivity index (χ3n) is 0. The molecule has 34 valence electrons. The first-order valence-electron chi connectivity index (χ1n) is 0.428. The van der Waals surface area contributed by atoms with E-state index in [9.17, 15) is 0 Å². The van der Waals surface area contributed by atoms with Gasteiger partial charge in [-0.2, -0.15) is 0 Å². The Morgan fingerprint density at radius 1 is 1.60 bits per heavy atom. The maximum absolute atomic E-state index is 8.24. The maximum Gasteiger partial charge on any atom is 0 e. The summed E-state index contributed by atoms with van der Waals surface area (Å²) in [5.41, 5.74) is 0. The van der Waals surface area contributed by atoms with Crippen molar-refractivity contribution in [3.05, 3.63) is 0 Å². The Morgan fingerprint density at radius 2 is 1.60 bits per heavy atom. The van der Waals surface area contributed by atoms with Gasteiger partial charge in [0.05, 0.1) is 0 Å². The summed E-state index contributed by atoms with van der Waals surface area (Å²) in [4.78, 5) is 8.24. The summed E-state index contributed by atoms with van der Waals surface area (Å²) in [6, 6.07) is 0.